The standard InChI is InChI=1S/C6H4N2S/c7-3-1-2-6-4-8-5-9-6/h1-2,4-5H. The second-order valence-electron chi connectivity index (χ2n) is 1.37. The number of rotatable bonds is 1. The molecule has 44 valence electrons. The van der Waals surface area contributed by atoms with Crippen molar-refractivity contribution in [1.29, 1.82) is 5.26 Å². The van der Waals surface area contributed by atoms with Crippen LogP contribution in [0.5, 0.6) is 0 Å². The van der Waals surface area contributed by atoms with E-state index in [0.29, 0.717) is 0 Å². The number of hydrogen-bond donors (Lipinski definition) is 0. The molecule has 0 atom stereocenters. The normalized spacial score (nSPS) is 9.67. The largest absolute Gasteiger partial charge is 0.253 e. The van der Waals surface area contributed by atoms with E-state index in [9.17, 15) is 0 Å². The summed E-state index contributed by atoms with van der Waals surface area (Å²) in [4.78, 5) is 4.84. The van der Waals surface area contributed by atoms with Gasteiger partial charge in [-0.15, -0.1) is 11.3 Å². The van der Waals surface area contributed by atoms with Crippen molar-refractivity contribution < 1.29 is 0 Å². The van der Waals surface area contributed by atoms with Gasteiger partial charge in [-0.2, -0.15) is 5.26 Å². The molecule has 0 aliphatic rings. The van der Waals surface area contributed by atoms with Crippen molar-refractivity contribution in [1.82, 2.24) is 4.98 Å². The molecule has 0 aromatic carbocycles. The monoisotopic (exact) mass is 136 g/mol. The van der Waals surface area contributed by atoms with Crippen LogP contribution in [0.1, 0.15) is 4.88 Å². The van der Waals surface area contributed by atoms with Gasteiger partial charge < -0.3 is 0 Å². The zero-order valence-corrected chi connectivity index (χ0v) is 5.43. The zero-order valence-electron chi connectivity index (χ0n) is 4.61. The van der Waals surface area contributed by atoms with Crippen molar-refractivity contribution in [3.8, 4) is 6.07 Å². The van der Waals surface area contributed by atoms with Gasteiger partial charge >= 0.3 is 0 Å². The molecule has 0 radical (unpaired) electrons. The first kappa shape index (κ1) is 5.99. The third-order valence-corrected chi connectivity index (χ3v) is 1.51. The zero-order chi connectivity index (χ0) is 6.53. The Balaban J connectivity index is 2.71. The number of nitrogens with zero attached hydrogens (tertiary/aromatic N) is 2. The fourth-order valence-electron chi connectivity index (χ4n) is 0.427. The predicted octanol–water partition coefficient (Wildman–Crippen LogP) is 1.68. The van der Waals surface area contributed by atoms with Gasteiger partial charge in [-0.05, 0) is 6.08 Å². The van der Waals surface area contributed by atoms with Crippen LogP contribution in [0.2, 0.25) is 0 Å². The molecule has 0 spiro atoms. The van der Waals surface area contributed by atoms with Gasteiger partial charge in [-0.25, -0.2) is 0 Å². The Bertz CT molecular complexity index is 230. The minimum atomic E-state index is 1.01. The van der Waals surface area contributed by atoms with Crippen molar-refractivity contribution in [2.75, 3.05) is 0 Å². The molecule has 2 nitrogen and oxygen atoms in total. The summed E-state index contributed by atoms with van der Waals surface area (Å²) in [7, 11) is 0. The van der Waals surface area contributed by atoms with Crippen LogP contribution in [0.3, 0.4) is 0 Å². The van der Waals surface area contributed by atoms with Crippen LogP contribution < -0.4 is 0 Å². The molecule has 1 aromatic rings. The average Bonchev–Trinajstić information content (AvgIpc) is 2.34. The van der Waals surface area contributed by atoms with Gasteiger partial charge in [0.15, 0.2) is 0 Å². The van der Waals surface area contributed by atoms with Crippen molar-refractivity contribution in [2.24, 2.45) is 0 Å². The second-order valence-corrected chi connectivity index (χ2v) is 2.28. The molecule has 1 heterocycles. The molecule has 0 N–H and O–H groups in total. The lowest BCUT2D eigenvalue weighted by atomic mass is 10.5. The van der Waals surface area contributed by atoms with E-state index in [4.69, 9.17) is 5.26 Å². The maximum Gasteiger partial charge on any atom is 0.0912 e. The molecule has 9 heavy (non-hydrogen) atoms. The highest BCUT2D eigenvalue weighted by Gasteiger charge is 1.83. The number of hydrogen-bond acceptors (Lipinski definition) is 3. The molecule has 0 saturated heterocycles. The van der Waals surface area contributed by atoms with E-state index in [2.05, 4.69) is 4.98 Å². The number of thiazole rings is 1. The first-order valence-corrected chi connectivity index (χ1v) is 3.26. The topological polar surface area (TPSA) is 36.7 Å². The van der Waals surface area contributed by atoms with E-state index in [1.165, 1.54) is 17.4 Å². The third-order valence-electron chi connectivity index (χ3n) is 0.774. The lowest BCUT2D eigenvalue weighted by molar-refractivity contribution is 1.42. The molecule has 0 fully saturated rings. The fraction of sp³-hybridized carbons (Fsp3) is 0. The lowest BCUT2D eigenvalue weighted by Crippen LogP contribution is -1.54. The summed E-state index contributed by atoms with van der Waals surface area (Å²) < 4.78 is 0. The van der Waals surface area contributed by atoms with Crippen LogP contribution in [0.15, 0.2) is 17.8 Å². The van der Waals surface area contributed by atoms with Gasteiger partial charge in [0.25, 0.3) is 0 Å². The molecule has 0 unspecified atom stereocenters. The van der Waals surface area contributed by atoms with Crippen LogP contribution in [-0.2, 0) is 0 Å². The molecular formula is C6H4N2S. The van der Waals surface area contributed by atoms with E-state index in [1.54, 1.807) is 17.8 Å². The van der Waals surface area contributed by atoms with Crippen LogP contribution in [0, 0.1) is 11.3 Å². The van der Waals surface area contributed by atoms with Crippen molar-refractivity contribution in [2.45, 2.75) is 0 Å². The fourth-order valence-corrected chi connectivity index (χ4v) is 0.939. The van der Waals surface area contributed by atoms with E-state index in [0.717, 1.165) is 4.88 Å². The molecule has 1 rings (SSSR count). The van der Waals surface area contributed by atoms with Gasteiger partial charge in [0.1, 0.15) is 0 Å². The van der Waals surface area contributed by atoms with E-state index < -0.39 is 0 Å². The molecule has 0 saturated carbocycles. The Morgan fingerprint density at radius 1 is 1.78 bits per heavy atom. The number of nitriles is 1. The summed E-state index contributed by atoms with van der Waals surface area (Å²) >= 11 is 1.51. The van der Waals surface area contributed by atoms with Gasteiger partial charge in [0, 0.05) is 17.2 Å². The maximum atomic E-state index is 8.11. The van der Waals surface area contributed by atoms with E-state index in [-0.39, 0.29) is 0 Å². The highest BCUT2D eigenvalue weighted by Crippen LogP contribution is 2.06. The predicted molar refractivity (Wildman–Crippen MR) is 36.8 cm³/mol. The van der Waals surface area contributed by atoms with Gasteiger partial charge in [0.05, 0.1) is 11.6 Å². The molecule has 0 bridgehead atoms. The van der Waals surface area contributed by atoms with Crippen molar-refractivity contribution >= 4 is 17.4 Å². The summed E-state index contributed by atoms with van der Waals surface area (Å²) in [6.45, 7) is 0. The van der Waals surface area contributed by atoms with Crippen LogP contribution in [-0.4, -0.2) is 4.98 Å². The molecule has 0 aliphatic carbocycles. The Morgan fingerprint density at radius 3 is 3.22 bits per heavy atom. The first-order valence-electron chi connectivity index (χ1n) is 2.38. The smallest absolute Gasteiger partial charge is 0.0912 e. The molecule has 0 aliphatic heterocycles. The highest BCUT2D eigenvalue weighted by molar-refractivity contribution is 7.10. The van der Waals surface area contributed by atoms with Crippen molar-refractivity contribution in [3.05, 3.63) is 22.7 Å². The summed E-state index contributed by atoms with van der Waals surface area (Å²) in [5, 5.41) is 8.11. The number of aromatic nitrogens is 1. The van der Waals surface area contributed by atoms with Gasteiger partial charge in [-0.1, -0.05) is 0 Å². The second kappa shape index (κ2) is 3.00. The Morgan fingerprint density at radius 2 is 2.67 bits per heavy atom. The Kier molecular flexibility index (Phi) is 2.00. The summed E-state index contributed by atoms with van der Waals surface area (Å²) in [5.74, 6) is 0. The third kappa shape index (κ3) is 1.67. The maximum absolute atomic E-state index is 8.11. The minimum absolute atomic E-state index is 1.01. The van der Waals surface area contributed by atoms with Gasteiger partial charge in [0.2, 0.25) is 0 Å². The quantitative estimate of drug-likeness (QED) is 0.551. The van der Waals surface area contributed by atoms with Crippen LogP contribution in [0.25, 0.3) is 6.08 Å². The van der Waals surface area contributed by atoms with Crippen LogP contribution >= 0.6 is 11.3 Å². The summed E-state index contributed by atoms with van der Waals surface area (Å²) in [6.07, 6.45) is 4.89. The SMILES string of the molecule is N#CC=Cc1cncs1. The molecule has 3 heteroatoms. The minimum Gasteiger partial charge on any atom is -0.253 e. The summed E-state index contributed by atoms with van der Waals surface area (Å²) in [6, 6.07) is 1.90. The van der Waals surface area contributed by atoms with E-state index in [1.807, 2.05) is 6.07 Å². The molecule has 0 amide bonds. The van der Waals surface area contributed by atoms with Crippen LogP contribution in [0.4, 0.5) is 0 Å². The Hall–Kier alpha value is -1.14. The molecule has 1 aromatic heterocycles. The first-order chi connectivity index (χ1) is 4.43. The van der Waals surface area contributed by atoms with Crippen molar-refractivity contribution in [3.63, 3.8) is 0 Å². The summed E-state index contributed by atoms with van der Waals surface area (Å²) in [5.41, 5.74) is 1.73. The Labute approximate surface area is 57.1 Å². The van der Waals surface area contributed by atoms with E-state index >= 15 is 0 Å². The lowest BCUT2D eigenvalue weighted by Gasteiger charge is -1.72. The highest BCUT2D eigenvalue weighted by atomic mass is 32.1. The average molecular weight is 136 g/mol. The molecular weight excluding hydrogens is 132 g/mol. The number of allylic oxidation sites excluding steroid dienone is 1. The van der Waals surface area contributed by atoms with Gasteiger partial charge in [-0.3, -0.25) is 4.98 Å².